The van der Waals surface area contributed by atoms with Crippen molar-refractivity contribution in [1.82, 2.24) is 19.5 Å². The summed E-state index contributed by atoms with van der Waals surface area (Å²) in [5.41, 5.74) is -3.42. The molecular formula is C18H24N6O6. The van der Waals surface area contributed by atoms with Gasteiger partial charge in [-0.15, -0.1) is 10.1 Å². The Morgan fingerprint density at radius 3 is 2.73 bits per heavy atom. The van der Waals surface area contributed by atoms with Crippen LogP contribution < -0.4 is 5.32 Å². The maximum atomic E-state index is 11.4. The minimum atomic E-state index is -1.71. The lowest BCUT2D eigenvalue weighted by atomic mass is 10.0. The fourth-order valence-corrected chi connectivity index (χ4v) is 5.34. The van der Waals surface area contributed by atoms with E-state index in [-0.39, 0.29) is 0 Å². The van der Waals surface area contributed by atoms with Crippen LogP contribution in [0.3, 0.4) is 0 Å². The number of ether oxygens (including phenoxy) is 1. The highest BCUT2D eigenvalue weighted by Crippen LogP contribution is 2.75. The summed E-state index contributed by atoms with van der Waals surface area (Å²) in [6.07, 6.45) is 5.23. The van der Waals surface area contributed by atoms with E-state index in [1.165, 1.54) is 25.5 Å². The molecule has 1 aliphatic heterocycles. The van der Waals surface area contributed by atoms with Crippen LogP contribution in [-0.4, -0.2) is 64.8 Å². The molecule has 2 aromatic rings. The second-order valence-electron chi connectivity index (χ2n) is 8.83. The molecule has 3 aliphatic rings. The van der Waals surface area contributed by atoms with Crippen LogP contribution in [-0.2, 0) is 9.57 Å². The zero-order chi connectivity index (χ0) is 21.3. The maximum absolute atomic E-state index is 11.4. The zero-order valence-electron chi connectivity index (χ0n) is 16.7. The number of anilines is 1. The number of hydrogen-bond donors (Lipinski definition) is 3. The molecular weight excluding hydrogens is 396 g/mol. The van der Waals surface area contributed by atoms with Crippen LogP contribution in [0.25, 0.3) is 11.2 Å². The summed E-state index contributed by atoms with van der Waals surface area (Å²) in [5, 5.41) is 35.6. The van der Waals surface area contributed by atoms with Crippen molar-refractivity contribution in [3.05, 3.63) is 22.8 Å². The molecule has 1 saturated heterocycles. The van der Waals surface area contributed by atoms with Gasteiger partial charge in [-0.25, -0.2) is 15.0 Å². The lowest BCUT2D eigenvalue weighted by Gasteiger charge is -2.27. The molecule has 0 bridgehead atoms. The smallest absolute Gasteiger partial charge is 0.294 e. The Morgan fingerprint density at radius 1 is 1.30 bits per heavy atom. The summed E-state index contributed by atoms with van der Waals surface area (Å²) in [5.74, 6) is 0.606. The van der Waals surface area contributed by atoms with E-state index >= 15 is 0 Å². The number of aromatic nitrogens is 4. The van der Waals surface area contributed by atoms with Crippen molar-refractivity contribution in [3.63, 3.8) is 0 Å². The third-order valence-electron chi connectivity index (χ3n) is 7.18. The van der Waals surface area contributed by atoms with Gasteiger partial charge in [-0.2, -0.15) is 0 Å². The van der Waals surface area contributed by atoms with E-state index in [4.69, 9.17) is 4.74 Å². The fourth-order valence-electron chi connectivity index (χ4n) is 5.34. The van der Waals surface area contributed by atoms with Crippen molar-refractivity contribution >= 4 is 17.0 Å². The normalized spacial score (nSPS) is 34.8. The van der Waals surface area contributed by atoms with Crippen molar-refractivity contribution < 1.29 is 24.9 Å². The van der Waals surface area contributed by atoms with Crippen LogP contribution in [0, 0.1) is 15.5 Å². The Kier molecular flexibility index (Phi) is 4.02. The summed E-state index contributed by atoms with van der Waals surface area (Å²) in [4.78, 5) is 28.1. The van der Waals surface area contributed by atoms with E-state index in [2.05, 4.69) is 25.1 Å². The quantitative estimate of drug-likeness (QED) is 0.450. The molecule has 4 atom stereocenters. The number of aliphatic hydroxyl groups is 2. The lowest BCUT2D eigenvalue weighted by molar-refractivity contribution is -0.759. The first-order valence-corrected chi connectivity index (χ1v) is 10.0. The minimum absolute atomic E-state index is 0.330. The monoisotopic (exact) mass is 420 g/mol. The Bertz CT molecular complexity index is 1010. The first-order valence-electron chi connectivity index (χ1n) is 10.0. The van der Waals surface area contributed by atoms with Gasteiger partial charge in [0.1, 0.15) is 30.2 Å². The standard InChI is InChI=1S/C18H24N6O6/c1-16(2)17(25)11(7-29-24(27)28)30-15(18(16,17)26)23-9-21-12-13(19-8-20-14(12)23)22-10-5-3-4-6-10/h8-11,15,25-26H,3-7H2,1-2H3,(H,19,20,22)/t11-,15-,17+,18-/m1/s1. The molecule has 3 N–H and O–H groups in total. The highest BCUT2D eigenvalue weighted by molar-refractivity contribution is 5.83. The van der Waals surface area contributed by atoms with Crippen molar-refractivity contribution in [1.29, 1.82) is 0 Å². The molecule has 3 heterocycles. The van der Waals surface area contributed by atoms with E-state index in [1.54, 1.807) is 18.4 Å². The molecule has 0 radical (unpaired) electrons. The molecule has 0 aromatic carbocycles. The summed E-state index contributed by atoms with van der Waals surface area (Å²) in [7, 11) is 0. The Balaban J connectivity index is 1.50. The SMILES string of the molecule is CC1(C)[C@]2(O)[C@H](n3cnc4c(NC5CCCC5)ncnc43)O[C@H](CO[N+](=O)[O-])[C@]12O. The molecule has 2 aromatic heterocycles. The number of rotatable bonds is 6. The molecule has 30 heavy (non-hydrogen) atoms. The predicted octanol–water partition coefficient (Wildman–Crippen LogP) is 0.788. The molecule has 3 fully saturated rings. The van der Waals surface area contributed by atoms with Crippen LogP contribution in [0.2, 0.25) is 0 Å². The fraction of sp³-hybridized carbons (Fsp3) is 0.722. The van der Waals surface area contributed by atoms with Crippen LogP contribution in [0.15, 0.2) is 12.7 Å². The van der Waals surface area contributed by atoms with Crippen LogP contribution in [0.4, 0.5) is 5.82 Å². The van der Waals surface area contributed by atoms with Crippen molar-refractivity contribution in [2.45, 2.75) is 69.1 Å². The minimum Gasteiger partial charge on any atom is -0.383 e. The van der Waals surface area contributed by atoms with E-state index in [0.29, 0.717) is 23.0 Å². The van der Waals surface area contributed by atoms with Crippen molar-refractivity contribution in [3.8, 4) is 0 Å². The van der Waals surface area contributed by atoms with Gasteiger partial charge in [0.05, 0.1) is 6.33 Å². The van der Waals surface area contributed by atoms with Gasteiger partial charge < -0.3 is 25.1 Å². The molecule has 5 rings (SSSR count). The summed E-state index contributed by atoms with van der Waals surface area (Å²) < 4.78 is 7.40. The van der Waals surface area contributed by atoms with Crippen molar-refractivity contribution in [2.24, 2.45) is 5.41 Å². The number of fused-ring (bicyclic) bond motifs is 2. The highest BCUT2D eigenvalue weighted by atomic mass is 17.0. The average molecular weight is 420 g/mol. The second kappa shape index (κ2) is 6.22. The number of nitrogens with zero attached hydrogens (tertiary/aromatic N) is 5. The summed E-state index contributed by atoms with van der Waals surface area (Å²) in [6.45, 7) is 2.87. The van der Waals surface area contributed by atoms with Crippen LogP contribution in [0.5, 0.6) is 0 Å². The lowest BCUT2D eigenvalue weighted by Crippen LogP contribution is -2.37. The van der Waals surface area contributed by atoms with Gasteiger partial charge in [0.25, 0.3) is 5.09 Å². The summed E-state index contributed by atoms with van der Waals surface area (Å²) in [6, 6.07) is 0.330. The van der Waals surface area contributed by atoms with Gasteiger partial charge in [-0.3, -0.25) is 4.57 Å². The molecule has 0 unspecified atom stereocenters. The molecule has 0 amide bonds. The Morgan fingerprint density at radius 2 is 2.03 bits per heavy atom. The van der Waals surface area contributed by atoms with E-state index in [9.17, 15) is 20.3 Å². The van der Waals surface area contributed by atoms with Gasteiger partial charge in [0, 0.05) is 11.5 Å². The van der Waals surface area contributed by atoms with E-state index < -0.39 is 40.6 Å². The molecule has 2 aliphatic carbocycles. The van der Waals surface area contributed by atoms with Gasteiger partial charge in [0.2, 0.25) is 0 Å². The first kappa shape index (κ1) is 19.4. The second-order valence-corrected chi connectivity index (χ2v) is 8.83. The molecule has 162 valence electrons. The number of hydrogen-bond acceptors (Lipinski definition) is 10. The van der Waals surface area contributed by atoms with E-state index in [1.807, 2.05) is 0 Å². The molecule has 12 heteroatoms. The molecule has 12 nitrogen and oxygen atoms in total. The maximum Gasteiger partial charge on any atom is 0.294 e. The number of imidazole rings is 1. The number of nitrogens with one attached hydrogen (secondary N) is 1. The largest absolute Gasteiger partial charge is 0.383 e. The van der Waals surface area contributed by atoms with Gasteiger partial charge in [-0.1, -0.05) is 26.7 Å². The average Bonchev–Trinajstić information content (AvgIpc) is 3.28. The third-order valence-corrected chi connectivity index (χ3v) is 7.18. The molecule has 2 saturated carbocycles. The zero-order valence-corrected chi connectivity index (χ0v) is 16.7. The Labute approximate surface area is 171 Å². The van der Waals surface area contributed by atoms with Gasteiger partial charge in [-0.05, 0) is 12.8 Å². The van der Waals surface area contributed by atoms with Crippen LogP contribution in [0.1, 0.15) is 45.8 Å². The third kappa shape index (κ3) is 2.29. The van der Waals surface area contributed by atoms with Crippen molar-refractivity contribution in [2.75, 3.05) is 11.9 Å². The topological polar surface area (TPSA) is 158 Å². The summed E-state index contributed by atoms with van der Waals surface area (Å²) >= 11 is 0. The highest BCUT2D eigenvalue weighted by Gasteiger charge is 2.92. The predicted molar refractivity (Wildman–Crippen MR) is 102 cm³/mol. The Hall–Kier alpha value is -2.57. The van der Waals surface area contributed by atoms with E-state index in [0.717, 1.165) is 12.8 Å². The molecule has 0 spiro atoms. The first-order chi connectivity index (χ1) is 14.2. The van der Waals surface area contributed by atoms with Gasteiger partial charge in [0.15, 0.2) is 23.2 Å². The van der Waals surface area contributed by atoms with Gasteiger partial charge >= 0.3 is 0 Å². The van der Waals surface area contributed by atoms with Crippen LogP contribution >= 0.6 is 0 Å².